The molecule has 1 saturated carbocycles. The molecule has 0 aromatic carbocycles. The summed E-state index contributed by atoms with van der Waals surface area (Å²) in [5, 5.41) is 1.91. The topological polar surface area (TPSA) is 34.1 Å². The second kappa shape index (κ2) is 4.22. The number of carbonyl (C=O) groups is 2. The van der Waals surface area contributed by atoms with Gasteiger partial charge in [0.1, 0.15) is 0 Å². The SMILES string of the molecule is O=C1C(=O)c2ccsc2CC1=C1CCCCC1. The van der Waals surface area contributed by atoms with Crippen molar-refractivity contribution in [3.8, 4) is 0 Å². The highest BCUT2D eigenvalue weighted by atomic mass is 32.1. The van der Waals surface area contributed by atoms with Crippen LogP contribution in [0.25, 0.3) is 0 Å². The first kappa shape index (κ1) is 10.9. The Hall–Kier alpha value is -1.22. The second-order valence-electron chi connectivity index (χ2n) is 4.74. The molecule has 3 heteroatoms. The summed E-state index contributed by atoms with van der Waals surface area (Å²) >= 11 is 1.59. The maximum Gasteiger partial charge on any atom is 0.234 e. The standard InChI is InChI=1S/C14H14O2S/c15-13-10-6-7-17-12(10)8-11(14(13)16)9-4-2-1-3-5-9/h6-7H,1-5,8H2. The van der Waals surface area contributed by atoms with Gasteiger partial charge in [-0.2, -0.15) is 0 Å². The Kier molecular flexibility index (Phi) is 2.71. The Morgan fingerprint density at radius 1 is 1.00 bits per heavy atom. The average molecular weight is 246 g/mol. The van der Waals surface area contributed by atoms with Gasteiger partial charge in [-0.3, -0.25) is 9.59 Å². The first-order valence-electron chi connectivity index (χ1n) is 6.13. The number of allylic oxidation sites excluding steroid dienone is 2. The molecule has 0 bridgehead atoms. The predicted octanol–water partition coefficient (Wildman–Crippen LogP) is 3.32. The van der Waals surface area contributed by atoms with Gasteiger partial charge in [-0.15, -0.1) is 11.3 Å². The van der Waals surface area contributed by atoms with Crippen LogP contribution in [0.3, 0.4) is 0 Å². The van der Waals surface area contributed by atoms with Crippen molar-refractivity contribution in [3.05, 3.63) is 33.0 Å². The van der Waals surface area contributed by atoms with Gasteiger partial charge >= 0.3 is 0 Å². The molecule has 0 saturated heterocycles. The van der Waals surface area contributed by atoms with Crippen molar-refractivity contribution in [2.75, 3.05) is 0 Å². The molecule has 1 heterocycles. The molecule has 17 heavy (non-hydrogen) atoms. The molecule has 0 N–H and O–H groups in total. The summed E-state index contributed by atoms with van der Waals surface area (Å²) in [5.74, 6) is -0.534. The van der Waals surface area contributed by atoms with Crippen LogP contribution in [0.15, 0.2) is 22.6 Å². The van der Waals surface area contributed by atoms with E-state index in [0.717, 1.165) is 36.1 Å². The number of hydrogen-bond donors (Lipinski definition) is 0. The van der Waals surface area contributed by atoms with E-state index < -0.39 is 0 Å². The smallest absolute Gasteiger partial charge is 0.234 e. The summed E-state index contributed by atoms with van der Waals surface area (Å²) in [6.45, 7) is 0. The van der Waals surface area contributed by atoms with Crippen LogP contribution < -0.4 is 0 Å². The van der Waals surface area contributed by atoms with Crippen molar-refractivity contribution in [3.63, 3.8) is 0 Å². The third kappa shape index (κ3) is 1.78. The fourth-order valence-corrected chi connectivity index (χ4v) is 3.63. The molecule has 2 nitrogen and oxygen atoms in total. The number of fused-ring (bicyclic) bond motifs is 1. The number of hydrogen-bond acceptors (Lipinski definition) is 3. The Morgan fingerprint density at radius 2 is 1.76 bits per heavy atom. The average Bonchev–Trinajstić information content (AvgIpc) is 2.83. The zero-order chi connectivity index (χ0) is 11.8. The van der Waals surface area contributed by atoms with E-state index in [1.165, 1.54) is 12.0 Å². The summed E-state index contributed by atoms with van der Waals surface area (Å²) in [5.41, 5.74) is 2.69. The lowest BCUT2D eigenvalue weighted by Gasteiger charge is -2.21. The first-order valence-corrected chi connectivity index (χ1v) is 7.01. The van der Waals surface area contributed by atoms with E-state index in [2.05, 4.69) is 0 Å². The number of carbonyl (C=O) groups excluding carboxylic acids is 2. The molecule has 0 unspecified atom stereocenters. The quantitative estimate of drug-likeness (QED) is 0.520. The maximum atomic E-state index is 12.1. The van der Waals surface area contributed by atoms with Gasteiger partial charge in [0.25, 0.3) is 0 Å². The van der Waals surface area contributed by atoms with Crippen LogP contribution >= 0.6 is 11.3 Å². The summed E-state index contributed by atoms with van der Waals surface area (Å²) < 4.78 is 0. The molecular formula is C14H14O2S. The van der Waals surface area contributed by atoms with E-state index in [0.29, 0.717) is 12.0 Å². The van der Waals surface area contributed by atoms with E-state index in [4.69, 9.17) is 0 Å². The zero-order valence-electron chi connectivity index (χ0n) is 9.62. The minimum Gasteiger partial charge on any atom is -0.285 e. The molecular weight excluding hydrogens is 232 g/mol. The first-order chi connectivity index (χ1) is 8.27. The lowest BCUT2D eigenvalue weighted by atomic mass is 9.83. The van der Waals surface area contributed by atoms with E-state index in [1.54, 1.807) is 17.4 Å². The van der Waals surface area contributed by atoms with Gasteiger partial charge in [-0.05, 0) is 37.1 Å². The highest BCUT2D eigenvalue weighted by molar-refractivity contribution is 7.10. The van der Waals surface area contributed by atoms with Crippen molar-refractivity contribution in [2.24, 2.45) is 0 Å². The summed E-state index contributed by atoms with van der Waals surface area (Å²) in [7, 11) is 0. The molecule has 88 valence electrons. The van der Waals surface area contributed by atoms with Gasteiger partial charge in [0.05, 0.1) is 0 Å². The largest absolute Gasteiger partial charge is 0.285 e. The number of ketones is 2. The predicted molar refractivity (Wildman–Crippen MR) is 67.5 cm³/mol. The van der Waals surface area contributed by atoms with Gasteiger partial charge in [0.15, 0.2) is 0 Å². The number of thiophene rings is 1. The van der Waals surface area contributed by atoms with E-state index in [-0.39, 0.29) is 11.6 Å². The van der Waals surface area contributed by atoms with Gasteiger partial charge < -0.3 is 0 Å². The fourth-order valence-electron chi connectivity index (χ4n) is 2.75. The monoisotopic (exact) mass is 246 g/mol. The molecule has 1 fully saturated rings. The molecule has 1 aromatic heterocycles. The normalized spacial score (nSPS) is 20.7. The van der Waals surface area contributed by atoms with Crippen molar-refractivity contribution >= 4 is 22.9 Å². The molecule has 0 aliphatic heterocycles. The van der Waals surface area contributed by atoms with Crippen LogP contribution in [-0.2, 0) is 11.2 Å². The van der Waals surface area contributed by atoms with Gasteiger partial charge in [-0.25, -0.2) is 0 Å². The zero-order valence-corrected chi connectivity index (χ0v) is 10.4. The highest BCUT2D eigenvalue weighted by Crippen LogP contribution is 2.33. The molecule has 0 radical (unpaired) electrons. The lowest BCUT2D eigenvalue weighted by molar-refractivity contribution is -0.112. The van der Waals surface area contributed by atoms with Crippen molar-refractivity contribution in [1.29, 1.82) is 0 Å². The molecule has 0 amide bonds. The van der Waals surface area contributed by atoms with Gasteiger partial charge in [-0.1, -0.05) is 12.0 Å². The summed E-state index contributed by atoms with van der Waals surface area (Å²) in [6.07, 6.45) is 6.29. The van der Waals surface area contributed by atoms with Gasteiger partial charge in [0.2, 0.25) is 11.6 Å². The maximum absolute atomic E-state index is 12.1. The van der Waals surface area contributed by atoms with Crippen LogP contribution in [0.2, 0.25) is 0 Å². The van der Waals surface area contributed by atoms with Crippen molar-refractivity contribution in [2.45, 2.75) is 38.5 Å². The molecule has 2 aliphatic carbocycles. The minimum atomic E-state index is -0.291. The Morgan fingerprint density at radius 3 is 2.53 bits per heavy atom. The van der Waals surface area contributed by atoms with Crippen LogP contribution in [0, 0.1) is 0 Å². The van der Waals surface area contributed by atoms with Crippen LogP contribution in [0.4, 0.5) is 0 Å². The Labute approximate surface area is 104 Å². The fraction of sp³-hybridized carbons (Fsp3) is 0.429. The molecule has 0 atom stereocenters. The molecule has 3 rings (SSSR count). The van der Waals surface area contributed by atoms with Gasteiger partial charge in [0, 0.05) is 22.4 Å². The van der Waals surface area contributed by atoms with Crippen molar-refractivity contribution in [1.82, 2.24) is 0 Å². The Bertz CT molecular complexity index is 514. The van der Waals surface area contributed by atoms with E-state index in [9.17, 15) is 9.59 Å². The van der Waals surface area contributed by atoms with Crippen LogP contribution in [0.1, 0.15) is 47.3 Å². The van der Waals surface area contributed by atoms with Crippen molar-refractivity contribution < 1.29 is 9.59 Å². The third-order valence-electron chi connectivity index (χ3n) is 3.69. The molecule has 1 aromatic rings. The van der Waals surface area contributed by atoms with Crippen LogP contribution in [0.5, 0.6) is 0 Å². The number of Topliss-reactive ketones (excluding diaryl/α,β-unsaturated/α-hetero) is 2. The van der Waals surface area contributed by atoms with E-state index in [1.807, 2.05) is 5.38 Å². The third-order valence-corrected chi connectivity index (χ3v) is 4.61. The summed E-state index contributed by atoms with van der Waals surface area (Å²) in [6, 6.07) is 1.78. The minimum absolute atomic E-state index is 0.243. The lowest BCUT2D eigenvalue weighted by Crippen LogP contribution is -2.25. The highest BCUT2D eigenvalue weighted by Gasteiger charge is 2.32. The van der Waals surface area contributed by atoms with Crippen LogP contribution in [-0.4, -0.2) is 11.6 Å². The summed E-state index contributed by atoms with van der Waals surface area (Å²) in [4.78, 5) is 25.1. The molecule has 2 aliphatic rings. The van der Waals surface area contributed by atoms with E-state index >= 15 is 0 Å². The Balaban J connectivity index is 2.04. The number of rotatable bonds is 0. The molecule has 0 spiro atoms. The second-order valence-corrected chi connectivity index (χ2v) is 5.74.